The minimum Gasteiger partial charge on any atom is -0.477 e. The SMILES string of the molecule is CC1(O)CN(S(=O)(=O)c2c(C(=O)O)sc3ccccc23)C1. The first-order chi connectivity index (χ1) is 9.72. The molecule has 0 spiro atoms. The molecule has 1 aliphatic rings. The minimum absolute atomic E-state index is 0.0292. The van der Waals surface area contributed by atoms with Crippen LogP contribution in [0.5, 0.6) is 0 Å². The Hall–Kier alpha value is -1.48. The molecule has 1 aliphatic heterocycles. The van der Waals surface area contributed by atoms with E-state index in [2.05, 4.69) is 0 Å². The molecule has 1 saturated heterocycles. The molecule has 0 unspecified atom stereocenters. The van der Waals surface area contributed by atoms with Crippen molar-refractivity contribution in [3.05, 3.63) is 29.1 Å². The number of benzene rings is 1. The van der Waals surface area contributed by atoms with Crippen LogP contribution in [0.4, 0.5) is 0 Å². The van der Waals surface area contributed by atoms with Crippen molar-refractivity contribution in [2.45, 2.75) is 17.4 Å². The first-order valence-corrected chi connectivity index (χ1v) is 8.45. The van der Waals surface area contributed by atoms with Crippen LogP contribution in [0.2, 0.25) is 0 Å². The van der Waals surface area contributed by atoms with Crippen molar-refractivity contribution < 1.29 is 23.4 Å². The summed E-state index contributed by atoms with van der Waals surface area (Å²) in [6.07, 6.45) is 0. The minimum atomic E-state index is -3.93. The van der Waals surface area contributed by atoms with Crippen LogP contribution in [-0.2, 0) is 10.0 Å². The van der Waals surface area contributed by atoms with Crippen LogP contribution in [-0.4, -0.2) is 47.6 Å². The Balaban J connectivity index is 2.19. The lowest BCUT2D eigenvalue weighted by Gasteiger charge is -2.42. The number of carboxylic acid groups (broad SMARTS) is 1. The third-order valence-electron chi connectivity index (χ3n) is 3.38. The largest absolute Gasteiger partial charge is 0.477 e. The molecular formula is C13H13NO5S2. The number of fused-ring (bicyclic) bond motifs is 1. The van der Waals surface area contributed by atoms with Gasteiger partial charge in [-0.2, -0.15) is 4.31 Å². The molecule has 0 bridgehead atoms. The lowest BCUT2D eigenvalue weighted by Crippen LogP contribution is -2.61. The van der Waals surface area contributed by atoms with Gasteiger partial charge < -0.3 is 10.2 Å². The van der Waals surface area contributed by atoms with E-state index in [-0.39, 0.29) is 22.9 Å². The van der Waals surface area contributed by atoms with E-state index in [0.717, 1.165) is 15.6 Å². The summed E-state index contributed by atoms with van der Waals surface area (Å²) in [6.45, 7) is 1.49. The molecule has 3 rings (SSSR count). The van der Waals surface area contributed by atoms with Gasteiger partial charge in [-0.25, -0.2) is 13.2 Å². The number of thiophene rings is 1. The zero-order valence-electron chi connectivity index (χ0n) is 11.1. The maximum Gasteiger partial charge on any atom is 0.347 e. The van der Waals surface area contributed by atoms with Gasteiger partial charge in [0.25, 0.3) is 0 Å². The fourth-order valence-electron chi connectivity index (χ4n) is 2.43. The average Bonchev–Trinajstić information content (AvgIpc) is 2.75. The van der Waals surface area contributed by atoms with E-state index >= 15 is 0 Å². The number of carboxylic acids is 1. The zero-order valence-corrected chi connectivity index (χ0v) is 12.7. The summed E-state index contributed by atoms with van der Waals surface area (Å²) < 4.78 is 27.0. The Morgan fingerprint density at radius 1 is 1.33 bits per heavy atom. The van der Waals surface area contributed by atoms with Crippen LogP contribution in [0.1, 0.15) is 16.6 Å². The lowest BCUT2D eigenvalue weighted by molar-refractivity contribution is -0.0426. The van der Waals surface area contributed by atoms with Gasteiger partial charge in [0.1, 0.15) is 9.77 Å². The number of aromatic carboxylic acids is 1. The summed E-state index contributed by atoms with van der Waals surface area (Å²) in [4.78, 5) is 11.0. The van der Waals surface area contributed by atoms with Gasteiger partial charge in [0.2, 0.25) is 10.0 Å². The van der Waals surface area contributed by atoms with Crippen LogP contribution in [0, 0.1) is 0 Å². The molecule has 6 nitrogen and oxygen atoms in total. The van der Waals surface area contributed by atoms with Crippen molar-refractivity contribution in [2.75, 3.05) is 13.1 Å². The van der Waals surface area contributed by atoms with Crippen molar-refractivity contribution in [3.63, 3.8) is 0 Å². The van der Waals surface area contributed by atoms with E-state index in [1.165, 1.54) is 0 Å². The molecule has 0 atom stereocenters. The Bertz CT molecular complexity index is 829. The number of β-amino-alcohol motifs (C(OH)–C–C–N with tert-alkyl or cyclic N) is 1. The fraction of sp³-hybridized carbons (Fsp3) is 0.308. The summed E-state index contributed by atoms with van der Waals surface area (Å²) in [5, 5.41) is 19.4. The van der Waals surface area contributed by atoms with Gasteiger partial charge in [0.05, 0.1) is 5.60 Å². The molecule has 112 valence electrons. The van der Waals surface area contributed by atoms with Crippen molar-refractivity contribution >= 4 is 37.4 Å². The van der Waals surface area contributed by atoms with E-state index < -0.39 is 21.6 Å². The highest BCUT2D eigenvalue weighted by atomic mass is 32.2. The maximum absolute atomic E-state index is 12.7. The number of hydrogen-bond acceptors (Lipinski definition) is 5. The number of carbonyl (C=O) groups is 1. The van der Waals surface area contributed by atoms with Crippen LogP contribution < -0.4 is 0 Å². The van der Waals surface area contributed by atoms with Crippen molar-refractivity contribution in [2.24, 2.45) is 0 Å². The third kappa shape index (κ3) is 2.24. The molecule has 2 N–H and O–H groups in total. The van der Waals surface area contributed by atoms with Gasteiger partial charge in [-0.15, -0.1) is 11.3 Å². The summed E-state index contributed by atoms with van der Waals surface area (Å²) in [7, 11) is -3.93. The summed E-state index contributed by atoms with van der Waals surface area (Å²) in [6, 6.07) is 6.70. The standard InChI is InChI=1S/C13H13NO5S2/c1-13(17)6-14(7-13)21(18,19)11-8-4-2-3-5-9(8)20-10(11)12(15)16/h2-5,17H,6-7H2,1H3,(H,15,16). The Morgan fingerprint density at radius 3 is 2.52 bits per heavy atom. The fourth-order valence-corrected chi connectivity index (χ4v) is 5.81. The molecule has 2 aromatic rings. The number of sulfonamides is 1. The third-order valence-corrected chi connectivity index (χ3v) is 6.54. The Kier molecular flexibility index (Phi) is 3.10. The van der Waals surface area contributed by atoms with E-state index in [9.17, 15) is 23.4 Å². The second kappa shape index (κ2) is 4.51. The highest BCUT2D eigenvalue weighted by molar-refractivity contribution is 7.89. The van der Waals surface area contributed by atoms with Crippen LogP contribution in [0.3, 0.4) is 0 Å². The summed E-state index contributed by atoms with van der Waals surface area (Å²) >= 11 is 0.943. The highest BCUT2D eigenvalue weighted by Crippen LogP contribution is 2.38. The molecule has 1 fully saturated rings. The second-order valence-corrected chi connectivity index (χ2v) is 8.26. The maximum atomic E-state index is 12.7. The van der Waals surface area contributed by atoms with E-state index in [4.69, 9.17) is 0 Å². The predicted octanol–water partition coefficient (Wildman–Crippen LogP) is 1.35. The molecule has 0 aliphatic carbocycles. The topological polar surface area (TPSA) is 94.9 Å². The Labute approximate surface area is 125 Å². The first kappa shape index (κ1) is 14.5. The first-order valence-electron chi connectivity index (χ1n) is 6.20. The zero-order chi connectivity index (χ0) is 15.4. The summed E-state index contributed by atoms with van der Waals surface area (Å²) in [5.74, 6) is -1.26. The quantitative estimate of drug-likeness (QED) is 0.887. The molecule has 21 heavy (non-hydrogen) atoms. The molecule has 2 heterocycles. The van der Waals surface area contributed by atoms with Gasteiger partial charge in [-0.3, -0.25) is 0 Å². The van der Waals surface area contributed by atoms with E-state index in [0.29, 0.717) is 10.1 Å². The molecule has 0 amide bonds. The number of rotatable bonds is 3. The highest BCUT2D eigenvalue weighted by Gasteiger charge is 2.46. The van der Waals surface area contributed by atoms with Crippen molar-refractivity contribution in [1.82, 2.24) is 4.31 Å². The van der Waals surface area contributed by atoms with E-state index in [1.807, 2.05) is 0 Å². The Morgan fingerprint density at radius 2 is 1.95 bits per heavy atom. The van der Waals surface area contributed by atoms with Crippen LogP contribution in [0.25, 0.3) is 10.1 Å². The average molecular weight is 327 g/mol. The summed E-state index contributed by atoms with van der Waals surface area (Å²) in [5.41, 5.74) is -1.05. The van der Waals surface area contributed by atoms with Crippen LogP contribution >= 0.6 is 11.3 Å². The van der Waals surface area contributed by atoms with Crippen molar-refractivity contribution in [3.8, 4) is 0 Å². The molecule has 1 aromatic carbocycles. The number of aliphatic hydroxyl groups is 1. The number of nitrogens with zero attached hydrogens (tertiary/aromatic N) is 1. The van der Waals surface area contributed by atoms with Crippen molar-refractivity contribution in [1.29, 1.82) is 0 Å². The number of hydrogen-bond donors (Lipinski definition) is 2. The van der Waals surface area contributed by atoms with Gasteiger partial charge in [0, 0.05) is 23.2 Å². The van der Waals surface area contributed by atoms with Gasteiger partial charge in [-0.1, -0.05) is 18.2 Å². The monoisotopic (exact) mass is 327 g/mol. The molecule has 8 heteroatoms. The molecule has 0 radical (unpaired) electrons. The van der Waals surface area contributed by atoms with Gasteiger partial charge in [-0.05, 0) is 13.0 Å². The predicted molar refractivity (Wildman–Crippen MR) is 78.2 cm³/mol. The second-order valence-electron chi connectivity index (χ2n) is 5.33. The lowest BCUT2D eigenvalue weighted by atomic mass is 10.0. The molecule has 0 saturated carbocycles. The smallest absolute Gasteiger partial charge is 0.347 e. The molecular weight excluding hydrogens is 314 g/mol. The van der Waals surface area contributed by atoms with Gasteiger partial charge in [0.15, 0.2) is 0 Å². The molecule has 1 aromatic heterocycles. The van der Waals surface area contributed by atoms with Crippen LogP contribution in [0.15, 0.2) is 29.2 Å². The normalized spacial score (nSPS) is 18.6. The van der Waals surface area contributed by atoms with E-state index in [1.54, 1.807) is 31.2 Å². The van der Waals surface area contributed by atoms with Gasteiger partial charge >= 0.3 is 5.97 Å².